The van der Waals surface area contributed by atoms with Gasteiger partial charge in [0.1, 0.15) is 5.82 Å². The highest BCUT2D eigenvalue weighted by atomic mass is 15.0. The molecular weight excluding hydrogens is 172 g/mol. The predicted octanol–water partition coefficient (Wildman–Crippen LogP) is 3.01. The first-order valence-corrected chi connectivity index (χ1v) is 4.45. The van der Waals surface area contributed by atoms with E-state index >= 15 is 0 Å². The van der Waals surface area contributed by atoms with Crippen LogP contribution < -0.4 is 5.32 Å². The fraction of sp³-hybridized carbons (Fsp3) is 0. The van der Waals surface area contributed by atoms with Crippen LogP contribution in [0.1, 0.15) is 5.56 Å². The van der Waals surface area contributed by atoms with Crippen molar-refractivity contribution in [3.05, 3.63) is 61.1 Å². The Labute approximate surface area is 83.6 Å². The summed E-state index contributed by atoms with van der Waals surface area (Å²) in [6.45, 7) is 3.93. The molecule has 0 saturated heterocycles. The molecule has 1 N–H and O–H groups in total. The molecule has 1 radical (unpaired) electrons. The Balaban J connectivity index is 2.24. The minimum Gasteiger partial charge on any atom is -0.340 e. The van der Waals surface area contributed by atoms with E-state index in [-0.39, 0.29) is 0 Å². The van der Waals surface area contributed by atoms with Crippen molar-refractivity contribution in [1.82, 2.24) is 4.98 Å². The van der Waals surface area contributed by atoms with Crippen LogP contribution in [-0.4, -0.2) is 4.98 Å². The van der Waals surface area contributed by atoms with Gasteiger partial charge in [-0.05, 0) is 30.7 Å². The van der Waals surface area contributed by atoms with Crippen molar-refractivity contribution >= 4 is 11.5 Å². The molecule has 0 spiro atoms. The Morgan fingerprint density at radius 1 is 1.00 bits per heavy atom. The fourth-order valence-corrected chi connectivity index (χ4v) is 1.22. The maximum absolute atomic E-state index is 4.18. The van der Waals surface area contributed by atoms with Crippen molar-refractivity contribution in [1.29, 1.82) is 0 Å². The first-order chi connectivity index (χ1) is 6.86. The molecule has 0 atom stereocenters. The minimum absolute atomic E-state index is 0.837. The number of nitrogens with one attached hydrogen (secondary N) is 1. The Morgan fingerprint density at radius 3 is 2.50 bits per heavy atom. The third-order valence-corrected chi connectivity index (χ3v) is 1.94. The van der Waals surface area contributed by atoms with Gasteiger partial charge in [-0.3, -0.25) is 0 Å². The molecule has 2 nitrogen and oxygen atoms in total. The minimum atomic E-state index is 0.837. The maximum Gasteiger partial charge on any atom is 0.130 e. The lowest BCUT2D eigenvalue weighted by Gasteiger charge is -2.07. The summed E-state index contributed by atoms with van der Waals surface area (Å²) < 4.78 is 0. The molecule has 1 heterocycles. The van der Waals surface area contributed by atoms with Crippen LogP contribution in [0.5, 0.6) is 0 Å². The first kappa shape index (κ1) is 8.75. The lowest BCUT2D eigenvalue weighted by Crippen LogP contribution is -1.94. The first-order valence-electron chi connectivity index (χ1n) is 4.45. The number of para-hydroxylation sites is 1. The van der Waals surface area contributed by atoms with Gasteiger partial charge in [-0.25, -0.2) is 4.98 Å². The van der Waals surface area contributed by atoms with Crippen molar-refractivity contribution < 1.29 is 0 Å². The van der Waals surface area contributed by atoms with E-state index in [4.69, 9.17) is 0 Å². The number of nitrogens with zero attached hydrogens (tertiary/aromatic N) is 1. The number of anilines is 2. The van der Waals surface area contributed by atoms with Crippen LogP contribution in [0.4, 0.5) is 11.5 Å². The number of benzene rings is 1. The van der Waals surface area contributed by atoms with E-state index in [1.54, 1.807) is 6.20 Å². The van der Waals surface area contributed by atoms with Gasteiger partial charge in [-0.15, -0.1) is 0 Å². The number of aromatic nitrogens is 1. The van der Waals surface area contributed by atoms with E-state index in [0.717, 1.165) is 17.1 Å². The summed E-state index contributed by atoms with van der Waals surface area (Å²) in [6.07, 6.45) is 1.76. The molecule has 0 fully saturated rings. The molecule has 0 aliphatic rings. The van der Waals surface area contributed by atoms with E-state index in [0.29, 0.717) is 0 Å². The van der Waals surface area contributed by atoms with Crippen LogP contribution in [0.15, 0.2) is 48.7 Å². The molecule has 14 heavy (non-hydrogen) atoms. The largest absolute Gasteiger partial charge is 0.340 e. The molecule has 2 heteroatoms. The topological polar surface area (TPSA) is 24.9 Å². The van der Waals surface area contributed by atoms with Gasteiger partial charge in [-0.2, -0.15) is 0 Å². The quantitative estimate of drug-likeness (QED) is 0.774. The zero-order chi connectivity index (χ0) is 9.80. The predicted molar refractivity (Wildman–Crippen MR) is 58.4 cm³/mol. The molecule has 1 aromatic heterocycles. The van der Waals surface area contributed by atoms with Crippen molar-refractivity contribution in [2.24, 2.45) is 0 Å². The van der Waals surface area contributed by atoms with Crippen LogP contribution in [0.3, 0.4) is 0 Å². The summed E-state index contributed by atoms with van der Waals surface area (Å²) in [6, 6.07) is 13.6. The Kier molecular flexibility index (Phi) is 2.45. The second kappa shape index (κ2) is 3.92. The van der Waals surface area contributed by atoms with E-state index < -0.39 is 0 Å². The number of pyridine rings is 1. The summed E-state index contributed by atoms with van der Waals surface area (Å²) in [7, 11) is 0. The Hall–Kier alpha value is -1.83. The third kappa shape index (κ3) is 1.91. The van der Waals surface area contributed by atoms with Gasteiger partial charge in [-0.1, -0.05) is 24.3 Å². The second-order valence-electron chi connectivity index (χ2n) is 3.00. The summed E-state index contributed by atoms with van der Waals surface area (Å²) in [4.78, 5) is 4.18. The molecule has 0 bridgehead atoms. The molecule has 0 aliphatic carbocycles. The lowest BCUT2D eigenvalue weighted by atomic mass is 10.2. The summed E-state index contributed by atoms with van der Waals surface area (Å²) in [5.74, 6) is 0.837. The van der Waals surface area contributed by atoms with Gasteiger partial charge in [0.25, 0.3) is 0 Å². The monoisotopic (exact) mass is 183 g/mol. The molecule has 1 aromatic carbocycles. The molecule has 0 amide bonds. The highest BCUT2D eigenvalue weighted by Crippen LogP contribution is 2.17. The molecular formula is C12H11N2. The van der Waals surface area contributed by atoms with Gasteiger partial charge >= 0.3 is 0 Å². The van der Waals surface area contributed by atoms with Crippen molar-refractivity contribution in [3.63, 3.8) is 0 Å². The molecule has 0 saturated carbocycles. The normalized spacial score (nSPS) is 9.79. The zero-order valence-electron chi connectivity index (χ0n) is 7.77. The average molecular weight is 183 g/mol. The number of hydrogen-bond acceptors (Lipinski definition) is 2. The van der Waals surface area contributed by atoms with Crippen molar-refractivity contribution in [2.75, 3.05) is 5.32 Å². The molecule has 2 rings (SSSR count). The van der Waals surface area contributed by atoms with E-state index in [1.807, 2.05) is 42.5 Å². The number of rotatable bonds is 2. The van der Waals surface area contributed by atoms with Gasteiger partial charge in [0.15, 0.2) is 0 Å². The molecule has 2 aromatic rings. The van der Waals surface area contributed by atoms with E-state index in [1.165, 1.54) is 0 Å². The van der Waals surface area contributed by atoms with Gasteiger partial charge in [0.2, 0.25) is 0 Å². The van der Waals surface area contributed by atoms with Crippen LogP contribution in [0, 0.1) is 6.92 Å². The SMILES string of the molecule is [CH2]c1ccccc1Nc1ccccn1. The summed E-state index contributed by atoms with van der Waals surface area (Å²) >= 11 is 0. The summed E-state index contributed by atoms with van der Waals surface area (Å²) in [5, 5.41) is 3.20. The Bertz CT molecular complexity index is 410. The standard InChI is InChI=1S/C12H11N2/c1-10-6-2-3-7-11(10)14-12-8-4-5-9-13-12/h2-9H,1H2,(H,13,14). The molecule has 69 valence electrons. The van der Waals surface area contributed by atoms with Gasteiger partial charge in [0.05, 0.1) is 0 Å². The van der Waals surface area contributed by atoms with E-state index in [2.05, 4.69) is 17.2 Å². The van der Waals surface area contributed by atoms with E-state index in [9.17, 15) is 0 Å². The highest BCUT2D eigenvalue weighted by molar-refractivity contribution is 5.61. The lowest BCUT2D eigenvalue weighted by molar-refractivity contribution is 1.30. The third-order valence-electron chi connectivity index (χ3n) is 1.94. The van der Waals surface area contributed by atoms with Crippen molar-refractivity contribution in [3.8, 4) is 0 Å². The van der Waals surface area contributed by atoms with Crippen molar-refractivity contribution in [2.45, 2.75) is 0 Å². The Morgan fingerprint density at radius 2 is 1.79 bits per heavy atom. The van der Waals surface area contributed by atoms with Gasteiger partial charge in [0, 0.05) is 11.9 Å². The average Bonchev–Trinajstić information content (AvgIpc) is 2.23. The van der Waals surface area contributed by atoms with Crippen LogP contribution in [0.2, 0.25) is 0 Å². The molecule has 0 unspecified atom stereocenters. The van der Waals surface area contributed by atoms with Gasteiger partial charge < -0.3 is 5.32 Å². The maximum atomic E-state index is 4.18. The smallest absolute Gasteiger partial charge is 0.130 e. The van der Waals surface area contributed by atoms with Crippen LogP contribution in [-0.2, 0) is 0 Å². The number of hydrogen-bond donors (Lipinski definition) is 1. The fourth-order valence-electron chi connectivity index (χ4n) is 1.22. The van der Waals surface area contributed by atoms with Crippen LogP contribution >= 0.6 is 0 Å². The zero-order valence-corrected chi connectivity index (χ0v) is 7.77. The highest BCUT2D eigenvalue weighted by Gasteiger charge is 1.96. The second-order valence-corrected chi connectivity index (χ2v) is 3.00. The molecule has 0 aliphatic heterocycles. The summed E-state index contributed by atoms with van der Waals surface area (Å²) in [5.41, 5.74) is 1.96. The van der Waals surface area contributed by atoms with Crippen LogP contribution in [0.25, 0.3) is 0 Å².